The van der Waals surface area contributed by atoms with Crippen LogP contribution >= 0.6 is 0 Å². The quantitative estimate of drug-likeness (QED) is 0.660. The van der Waals surface area contributed by atoms with E-state index in [-0.39, 0.29) is 17.1 Å². The third-order valence-electron chi connectivity index (χ3n) is 2.48. The Balaban J connectivity index is 2.20. The summed E-state index contributed by atoms with van der Waals surface area (Å²) < 4.78 is 66.3. The first kappa shape index (κ1) is 14.9. The van der Waals surface area contributed by atoms with E-state index in [2.05, 4.69) is 10.1 Å². The molecule has 2 aromatic rings. The predicted molar refractivity (Wildman–Crippen MR) is 67.2 cm³/mol. The lowest BCUT2D eigenvalue weighted by Gasteiger charge is -2.12. The van der Waals surface area contributed by atoms with Crippen molar-refractivity contribution in [2.45, 2.75) is 6.36 Å². The summed E-state index contributed by atoms with van der Waals surface area (Å²) in [5.41, 5.74) is 5.40. The first-order valence-corrected chi connectivity index (χ1v) is 5.62. The summed E-state index contributed by atoms with van der Waals surface area (Å²) in [5, 5.41) is 2.49. The second-order valence-corrected chi connectivity index (χ2v) is 4.02. The molecule has 2 rings (SSSR count). The van der Waals surface area contributed by atoms with Crippen LogP contribution in [-0.4, -0.2) is 6.36 Å². The number of nitrogens with one attached hydrogen (secondary N) is 1. The zero-order valence-electron chi connectivity index (χ0n) is 10.3. The third kappa shape index (κ3) is 3.74. The minimum absolute atomic E-state index is 0.0375. The van der Waals surface area contributed by atoms with Crippen molar-refractivity contribution in [3.05, 3.63) is 48.0 Å². The monoisotopic (exact) mass is 304 g/mol. The Morgan fingerprint density at radius 2 is 1.57 bits per heavy atom. The topological polar surface area (TPSA) is 47.3 Å². The van der Waals surface area contributed by atoms with Crippen LogP contribution in [0.4, 0.5) is 39.0 Å². The van der Waals surface area contributed by atoms with Gasteiger partial charge in [-0.2, -0.15) is 0 Å². The molecule has 0 atom stereocenters. The maximum atomic E-state index is 13.6. The number of nitrogens with two attached hydrogens (primary N) is 1. The molecule has 0 fully saturated rings. The number of anilines is 3. The fraction of sp³-hybridized carbons (Fsp3) is 0.0769. The molecule has 21 heavy (non-hydrogen) atoms. The van der Waals surface area contributed by atoms with E-state index in [0.29, 0.717) is 0 Å². The van der Waals surface area contributed by atoms with Gasteiger partial charge in [0.2, 0.25) is 0 Å². The van der Waals surface area contributed by atoms with Gasteiger partial charge in [0, 0.05) is 5.69 Å². The average Bonchev–Trinajstić information content (AvgIpc) is 2.39. The van der Waals surface area contributed by atoms with E-state index >= 15 is 0 Å². The summed E-state index contributed by atoms with van der Waals surface area (Å²) in [6, 6.07) is 6.53. The highest BCUT2D eigenvalue weighted by molar-refractivity contribution is 5.73. The Kier molecular flexibility index (Phi) is 3.88. The molecule has 0 saturated carbocycles. The standard InChI is InChI=1S/C13H9F5N2O/c14-9-5-6-10(19)12(11(9)15)20-7-1-3-8(4-2-7)21-13(16,17)18/h1-6,20H,19H2. The molecule has 3 N–H and O–H groups in total. The van der Waals surface area contributed by atoms with Crippen LogP contribution in [0.1, 0.15) is 0 Å². The number of hydrogen-bond donors (Lipinski definition) is 2. The lowest BCUT2D eigenvalue weighted by molar-refractivity contribution is -0.274. The van der Waals surface area contributed by atoms with Crippen LogP contribution in [0.3, 0.4) is 0 Å². The summed E-state index contributed by atoms with van der Waals surface area (Å²) in [6.07, 6.45) is -4.80. The number of nitrogen functional groups attached to an aromatic ring is 1. The highest BCUT2D eigenvalue weighted by atomic mass is 19.4. The fourth-order valence-electron chi connectivity index (χ4n) is 1.58. The summed E-state index contributed by atoms with van der Waals surface area (Å²) in [6.45, 7) is 0. The molecule has 112 valence electrons. The van der Waals surface area contributed by atoms with Crippen LogP contribution in [0.25, 0.3) is 0 Å². The van der Waals surface area contributed by atoms with Gasteiger partial charge in [-0.1, -0.05) is 0 Å². The van der Waals surface area contributed by atoms with Crippen molar-refractivity contribution < 1.29 is 26.7 Å². The molecule has 0 radical (unpaired) electrons. The molecule has 0 aromatic heterocycles. The van der Waals surface area contributed by atoms with E-state index in [1.165, 1.54) is 18.2 Å². The third-order valence-corrected chi connectivity index (χ3v) is 2.48. The summed E-state index contributed by atoms with van der Waals surface area (Å²) in [5.74, 6) is -2.70. The first-order chi connectivity index (χ1) is 9.76. The SMILES string of the molecule is Nc1ccc(F)c(F)c1Nc1ccc(OC(F)(F)F)cc1. The maximum absolute atomic E-state index is 13.6. The first-order valence-electron chi connectivity index (χ1n) is 5.62. The molecule has 8 heteroatoms. The van der Waals surface area contributed by atoms with Crippen molar-refractivity contribution in [2.75, 3.05) is 11.1 Å². The highest BCUT2D eigenvalue weighted by Crippen LogP contribution is 2.29. The molecule has 0 aliphatic carbocycles. The number of rotatable bonds is 3. The van der Waals surface area contributed by atoms with E-state index in [4.69, 9.17) is 5.73 Å². The minimum atomic E-state index is -4.80. The van der Waals surface area contributed by atoms with Gasteiger partial charge in [-0.3, -0.25) is 0 Å². The number of halogens is 5. The van der Waals surface area contributed by atoms with Crippen LogP contribution in [0, 0.1) is 11.6 Å². The lowest BCUT2D eigenvalue weighted by Crippen LogP contribution is -2.17. The van der Waals surface area contributed by atoms with Gasteiger partial charge >= 0.3 is 6.36 Å². The zero-order valence-corrected chi connectivity index (χ0v) is 10.3. The molecule has 0 spiro atoms. The second kappa shape index (κ2) is 5.47. The number of ether oxygens (including phenoxy) is 1. The van der Waals surface area contributed by atoms with Crippen molar-refractivity contribution in [1.82, 2.24) is 0 Å². The van der Waals surface area contributed by atoms with Gasteiger partial charge < -0.3 is 15.8 Å². The van der Waals surface area contributed by atoms with Gasteiger partial charge in [-0.15, -0.1) is 13.2 Å². The Labute approximate surface area is 116 Å². The highest BCUT2D eigenvalue weighted by Gasteiger charge is 2.30. The average molecular weight is 304 g/mol. The lowest BCUT2D eigenvalue weighted by atomic mass is 10.2. The van der Waals surface area contributed by atoms with Crippen LogP contribution in [0.2, 0.25) is 0 Å². The molecule has 0 aliphatic rings. The van der Waals surface area contributed by atoms with E-state index in [0.717, 1.165) is 18.2 Å². The number of benzene rings is 2. The Morgan fingerprint density at radius 1 is 0.952 bits per heavy atom. The molecule has 0 saturated heterocycles. The van der Waals surface area contributed by atoms with Gasteiger partial charge in [0.1, 0.15) is 11.4 Å². The van der Waals surface area contributed by atoms with Crippen molar-refractivity contribution in [3.63, 3.8) is 0 Å². The van der Waals surface area contributed by atoms with Crippen molar-refractivity contribution in [1.29, 1.82) is 0 Å². The molecule has 0 unspecified atom stereocenters. The normalized spacial score (nSPS) is 11.3. The molecular formula is C13H9F5N2O. The van der Waals surface area contributed by atoms with E-state index in [1.54, 1.807) is 0 Å². The van der Waals surface area contributed by atoms with E-state index < -0.39 is 23.7 Å². The van der Waals surface area contributed by atoms with E-state index in [9.17, 15) is 22.0 Å². The van der Waals surface area contributed by atoms with Crippen LogP contribution < -0.4 is 15.8 Å². The smallest absolute Gasteiger partial charge is 0.406 e. The number of hydrogen-bond acceptors (Lipinski definition) is 3. The summed E-state index contributed by atoms with van der Waals surface area (Å²) in [7, 11) is 0. The molecular weight excluding hydrogens is 295 g/mol. The molecule has 0 amide bonds. The van der Waals surface area contributed by atoms with Gasteiger partial charge in [-0.25, -0.2) is 8.78 Å². The molecule has 0 heterocycles. The second-order valence-electron chi connectivity index (χ2n) is 4.02. The predicted octanol–water partition coefficient (Wildman–Crippen LogP) is 4.19. The van der Waals surface area contributed by atoms with Gasteiger partial charge in [0.25, 0.3) is 0 Å². The molecule has 0 aliphatic heterocycles. The van der Waals surface area contributed by atoms with Crippen LogP contribution in [0.5, 0.6) is 5.75 Å². The maximum Gasteiger partial charge on any atom is 0.573 e. The summed E-state index contributed by atoms with van der Waals surface area (Å²) in [4.78, 5) is 0. The minimum Gasteiger partial charge on any atom is -0.406 e. The van der Waals surface area contributed by atoms with Gasteiger partial charge in [0.05, 0.1) is 5.69 Å². The van der Waals surface area contributed by atoms with Gasteiger partial charge in [-0.05, 0) is 36.4 Å². The Morgan fingerprint density at radius 3 is 2.14 bits per heavy atom. The van der Waals surface area contributed by atoms with Crippen LogP contribution in [-0.2, 0) is 0 Å². The van der Waals surface area contributed by atoms with Crippen LogP contribution in [0.15, 0.2) is 36.4 Å². The van der Waals surface area contributed by atoms with Crippen molar-refractivity contribution in [3.8, 4) is 5.75 Å². The van der Waals surface area contributed by atoms with Gasteiger partial charge in [0.15, 0.2) is 11.6 Å². The molecule has 3 nitrogen and oxygen atoms in total. The van der Waals surface area contributed by atoms with E-state index in [1.807, 2.05) is 0 Å². The van der Waals surface area contributed by atoms with Crippen molar-refractivity contribution >= 4 is 17.1 Å². The number of alkyl halides is 3. The van der Waals surface area contributed by atoms with Crippen molar-refractivity contribution in [2.24, 2.45) is 0 Å². The fourth-order valence-corrected chi connectivity index (χ4v) is 1.58. The Bertz CT molecular complexity index is 640. The molecule has 0 bridgehead atoms. The Hall–Kier alpha value is -2.51. The zero-order chi connectivity index (χ0) is 15.6. The molecule has 2 aromatic carbocycles. The largest absolute Gasteiger partial charge is 0.573 e. The summed E-state index contributed by atoms with van der Waals surface area (Å²) >= 11 is 0.